The summed E-state index contributed by atoms with van der Waals surface area (Å²) in [4.78, 5) is 11.3. The van der Waals surface area contributed by atoms with Crippen LogP contribution in [0.2, 0.25) is 0 Å². The predicted octanol–water partition coefficient (Wildman–Crippen LogP) is 3.70. The number of para-hydroxylation sites is 1. The maximum Gasteiger partial charge on any atom is 0.186 e. The van der Waals surface area contributed by atoms with Crippen molar-refractivity contribution in [2.24, 2.45) is 0 Å². The Bertz CT molecular complexity index is 638. The van der Waals surface area contributed by atoms with E-state index in [1.54, 1.807) is 22.7 Å². The molecule has 18 heavy (non-hydrogen) atoms. The number of rotatable bonds is 3. The Morgan fingerprint density at radius 1 is 1.22 bits per heavy atom. The Morgan fingerprint density at radius 2 is 2.06 bits per heavy atom. The van der Waals surface area contributed by atoms with Crippen LogP contribution in [0.15, 0.2) is 29.6 Å². The van der Waals surface area contributed by atoms with Crippen molar-refractivity contribution in [2.45, 2.75) is 13.5 Å². The van der Waals surface area contributed by atoms with E-state index in [0.717, 1.165) is 27.9 Å². The number of nitrogens with zero attached hydrogens (tertiary/aromatic N) is 3. The van der Waals surface area contributed by atoms with Crippen molar-refractivity contribution in [2.75, 3.05) is 11.9 Å². The van der Waals surface area contributed by atoms with Crippen LogP contribution in [-0.2, 0) is 6.54 Å². The van der Waals surface area contributed by atoms with Gasteiger partial charge in [0.2, 0.25) is 0 Å². The summed E-state index contributed by atoms with van der Waals surface area (Å²) >= 11 is 3.43. The molecule has 0 amide bonds. The molecular weight excluding hydrogens is 262 g/mol. The molecule has 0 N–H and O–H groups in total. The third-order valence-corrected chi connectivity index (χ3v) is 4.75. The molecule has 2 aromatic heterocycles. The molecule has 1 aromatic carbocycles. The lowest BCUT2D eigenvalue weighted by Gasteiger charge is -2.13. The third kappa shape index (κ3) is 2.23. The van der Waals surface area contributed by atoms with E-state index in [-0.39, 0.29) is 0 Å². The van der Waals surface area contributed by atoms with Gasteiger partial charge in [0, 0.05) is 18.1 Å². The smallest absolute Gasteiger partial charge is 0.186 e. The van der Waals surface area contributed by atoms with Gasteiger partial charge >= 0.3 is 0 Å². The van der Waals surface area contributed by atoms with Gasteiger partial charge in [0.25, 0.3) is 0 Å². The second kappa shape index (κ2) is 4.66. The third-order valence-electron chi connectivity index (χ3n) is 2.65. The Kier molecular flexibility index (Phi) is 3.01. The van der Waals surface area contributed by atoms with Crippen LogP contribution in [-0.4, -0.2) is 17.0 Å². The fraction of sp³-hybridized carbons (Fsp3) is 0.231. The molecular formula is C13H13N3S2. The summed E-state index contributed by atoms with van der Waals surface area (Å²) in [5.41, 5.74) is 2.16. The Morgan fingerprint density at radius 3 is 2.78 bits per heavy atom. The van der Waals surface area contributed by atoms with Crippen molar-refractivity contribution < 1.29 is 0 Å². The van der Waals surface area contributed by atoms with Crippen molar-refractivity contribution in [1.29, 1.82) is 0 Å². The standard InChI is InChI=1S/C13H13N3S2/c1-9-8-17-12(14-9)7-16(2)13-15-10-5-3-4-6-11(10)18-13/h3-6,8H,7H2,1-2H3. The van der Waals surface area contributed by atoms with Crippen LogP contribution in [0.5, 0.6) is 0 Å². The molecule has 3 rings (SSSR count). The van der Waals surface area contributed by atoms with Crippen LogP contribution < -0.4 is 4.90 Å². The highest BCUT2D eigenvalue weighted by Gasteiger charge is 2.10. The summed E-state index contributed by atoms with van der Waals surface area (Å²) < 4.78 is 1.23. The number of benzene rings is 1. The lowest BCUT2D eigenvalue weighted by molar-refractivity contribution is 0.900. The van der Waals surface area contributed by atoms with Gasteiger partial charge in [-0.3, -0.25) is 0 Å². The van der Waals surface area contributed by atoms with Gasteiger partial charge in [-0.1, -0.05) is 23.5 Å². The van der Waals surface area contributed by atoms with E-state index in [4.69, 9.17) is 0 Å². The number of thiazole rings is 2. The van der Waals surface area contributed by atoms with E-state index >= 15 is 0 Å². The number of aromatic nitrogens is 2. The van der Waals surface area contributed by atoms with Crippen LogP contribution in [0.3, 0.4) is 0 Å². The minimum Gasteiger partial charge on any atom is -0.344 e. The Labute approximate surface area is 114 Å². The first-order valence-electron chi connectivity index (χ1n) is 5.70. The fourth-order valence-corrected chi connectivity index (χ4v) is 3.52. The van der Waals surface area contributed by atoms with E-state index in [1.165, 1.54) is 4.70 Å². The molecule has 0 aliphatic rings. The molecule has 5 heteroatoms. The summed E-state index contributed by atoms with van der Waals surface area (Å²) in [5, 5.41) is 4.26. The molecule has 0 spiro atoms. The average Bonchev–Trinajstić information content (AvgIpc) is 2.95. The van der Waals surface area contributed by atoms with Gasteiger partial charge in [-0.25, -0.2) is 9.97 Å². The molecule has 0 atom stereocenters. The molecule has 0 saturated carbocycles. The molecule has 0 saturated heterocycles. The van der Waals surface area contributed by atoms with Crippen LogP contribution in [0.1, 0.15) is 10.7 Å². The maximum absolute atomic E-state index is 4.64. The highest BCUT2D eigenvalue weighted by molar-refractivity contribution is 7.22. The van der Waals surface area contributed by atoms with E-state index < -0.39 is 0 Å². The first-order valence-corrected chi connectivity index (χ1v) is 7.40. The number of aryl methyl sites for hydroxylation is 1. The highest BCUT2D eigenvalue weighted by atomic mass is 32.1. The average molecular weight is 275 g/mol. The van der Waals surface area contributed by atoms with E-state index in [1.807, 2.05) is 13.0 Å². The van der Waals surface area contributed by atoms with Crippen molar-refractivity contribution in [3.8, 4) is 0 Å². The predicted molar refractivity (Wildman–Crippen MR) is 78.6 cm³/mol. The molecule has 0 fully saturated rings. The van der Waals surface area contributed by atoms with E-state index in [0.29, 0.717) is 0 Å². The minimum absolute atomic E-state index is 0.818. The zero-order valence-corrected chi connectivity index (χ0v) is 11.9. The number of hydrogen-bond donors (Lipinski definition) is 0. The monoisotopic (exact) mass is 275 g/mol. The van der Waals surface area contributed by atoms with Crippen molar-refractivity contribution >= 4 is 38.0 Å². The normalized spacial score (nSPS) is 11.0. The van der Waals surface area contributed by atoms with E-state index in [2.05, 4.69) is 45.5 Å². The summed E-state index contributed by atoms with van der Waals surface area (Å²) in [7, 11) is 2.06. The van der Waals surface area contributed by atoms with Crippen molar-refractivity contribution in [3.05, 3.63) is 40.3 Å². The highest BCUT2D eigenvalue weighted by Crippen LogP contribution is 2.28. The molecule has 0 aliphatic carbocycles. The van der Waals surface area contributed by atoms with Gasteiger partial charge < -0.3 is 4.90 Å². The molecule has 0 radical (unpaired) electrons. The van der Waals surface area contributed by atoms with Gasteiger partial charge in [0.15, 0.2) is 5.13 Å². The second-order valence-electron chi connectivity index (χ2n) is 4.20. The van der Waals surface area contributed by atoms with Crippen molar-refractivity contribution in [3.63, 3.8) is 0 Å². The largest absolute Gasteiger partial charge is 0.344 e. The molecule has 0 unspecified atom stereocenters. The summed E-state index contributed by atoms with van der Waals surface area (Å²) in [6.07, 6.45) is 0. The first-order chi connectivity index (χ1) is 8.72. The Hall–Kier alpha value is -1.46. The summed E-state index contributed by atoms with van der Waals surface area (Å²) in [6.45, 7) is 2.84. The van der Waals surface area contributed by atoms with Gasteiger partial charge in [0.1, 0.15) is 5.01 Å². The zero-order chi connectivity index (χ0) is 12.5. The van der Waals surface area contributed by atoms with Crippen LogP contribution >= 0.6 is 22.7 Å². The van der Waals surface area contributed by atoms with Crippen LogP contribution in [0.25, 0.3) is 10.2 Å². The van der Waals surface area contributed by atoms with E-state index in [9.17, 15) is 0 Å². The molecule has 92 valence electrons. The number of fused-ring (bicyclic) bond motifs is 1. The molecule has 0 bridgehead atoms. The summed E-state index contributed by atoms with van der Waals surface area (Å²) in [6, 6.07) is 8.24. The maximum atomic E-state index is 4.64. The molecule has 2 heterocycles. The fourth-order valence-electron chi connectivity index (χ4n) is 1.77. The van der Waals surface area contributed by atoms with Gasteiger partial charge in [-0.05, 0) is 19.1 Å². The topological polar surface area (TPSA) is 29.0 Å². The van der Waals surface area contributed by atoms with Crippen molar-refractivity contribution in [1.82, 2.24) is 9.97 Å². The minimum atomic E-state index is 0.818. The van der Waals surface area contributed by atoms with Crippen LogP contribution in [0.4, 0.5) is 5.13 Å². The lowest BCUT2D eigenvalue weighted by atomic mass is 10.3. The van der Waals surface area contributed by atoms with Gasteiger partial charge in [-0.2, -0.15) is 0 Å². The van der Waals surface area contributed by atoms with Crippen LogP contribution in [0, 0.1) is 6.92 Å². The first kappa shape index (κ1) is 11.6. The quantitative estimate of drug-likeness (QED) is 0.730. The van der Waals surface area contributed by atoms with Gasteiger partial charge in [-0.15, -0.1) is 11.3 Å². The lowest BCUT2D eigenvalue weighted by Crippen LogP contribution is -2.15. The summed E-state index contributed by atoms with van der Waals surface area (Å²) in [5.74, 6) is 0. The van der Waals surface area contributed by atoms with Gasteiger partial charge in [0.05, 0.1) is 16.8 Å². The second-order valence-corrected chi connectivity index (χ2v) is 6.15. The zero-order valence-electron chi connectivity index (χ0n) is 10.3. The number of anilines is 1. The Balaban J connectivity index is 1.85. The number of hydrogen-bond acceptors (Lipinski definition) is 5. The molecule has 3 aromatic rings. The molecule has 0 aliphatic heterocycles. The molecule has 3 nitrogen and oxygen atoms in total. The SMILES string of the molecule is Cc1csc(CN(C)c2nc3ccccc3s2)n1.